The van der Waals surface area contributed by atoms with Crippen LogP contribution in [0.5, 0.6) is 0 Å². The second-order valence-electron chi connectivity index (χ2n) is 4.31. The third-order valence-corrected chi connectivity index (χ3v) is 2.92. The molecule has 0 fully saturated rings. The molecule has 1 atom stereocenters. The van der Waals surface area contributed by atoms with E-state index >= 15 is 0 Å². The summed E-state index contributed by atoms with van der Waals surface area (Å²) < 4.78 is 1.90. The lowest BCUT2D eigenvalue weighted by Gasteiger charge is -2.23. The van der Waals surface area contributed by atoms with Gasteiger partial charge in [0.1, 0.15) is 0 Å². The predicted octanol–water partition coefficient (Wildman–Crippen LogP) is 0.896. The Morgan fingerprint density at radius 3 is 3.06 bits per heavy atom. The van der Waals surface area contributed by atoms with Gasteiger partial charge in [0, 0.05) is 32.0 Å². The third kappa shape index (κ3) is 4.71. The smallest absolute Gasteiger partial charge is 0.237 e. The summed E-state index contributed by atoms with van der Waals surface area (Å²) >= 11 is 0. The Morgan fingerprint density at radius 2 is 2.44 bits per heavy atom. The van der Waals surface area contributed by atoms with Crippen LogP contribution in [-0.2, 0) is 11.3 Å². The lowest BCUT2D eigenvalue weighted by molar-refractivity contribution is -0.125. The lowest BCUT2D eigenvalue weighted by atomic mass is 10.2. The molecule has 100 valence electrons. The van der Waals surface area contributed by atoms with Crippen LogP contribution in [-0.4, -0.2) is 46.8 Å². The highest BCUT2D eigenvalue weighted by Crippen LogP contribution is 1.99. The summed E-state index contributed by atoms with van der Waals surface area (Å²) in [5.41, 5.74) is 0. The van der Waals surface area contributed by atoms with Gasteiger partial charge >= 0.3 is 0 Å². The second kappa shape index (κ2) is 7.66. The van der Waals surface area contributed by atoms with E-state index in [0.717, 1.165) is 19.5 Å². The van der Waals surface area contributed by atoms with E-state index in [4.69, 9.17) is 0 Å². The van der Waals surface area contributed by atoms with E-state index in [9.17, 15) is 4.79 Å². The van der Waals surface area contributed by atoms with Gasteiger partial charge in [0.15, 0.2) is 0 Å². The van der Waals surface area contributed by atoms with E-state index in [-0.39, 0.29) is 11.9 Å². The van der Waals surface area contributed by atoms with E-state index in [0.29, 0.717) is 6.54 Å². The van der Waals surface area contributed by atoms with Crippen molar-refractivity contribution in [1.29, 1.82) is 0 Å². The molecule has 0 saturated carbocycles. The Bertz CT molecular complexity index is 361. The Labute approximate surface area is 108 Å². The molecule has 1 unspecified atom stereocenters. The lowest BCUT2D eigenvalue weighted by Crippen LogP contribution is -2.43. The maximum absolute atomic E-state index is 11.7. The quantitative estimate of drug-likeness (QED) is 0.697. The predicted molar refractivity (Wildman–Crippen MR) is 72.1 cm³/mol. The third-order valence-electron chi connectivity index (χ3n) is 2.92. The molecule has 0 spiro atoms. The highest BCUT2D eigenvalue weighted by Gasteiger charge is 2.16. The molecule has 1 rings (SSSR count). The standard InChI is InChI=1S/C13H22N4O/c1-4-7-14-13(18)12(2)16(3)9-6-11-17-10-5-8-15-17/h4-5,8,10,12H,1,6-7,9,11H2,2-3H3,(H,14,18). The highest BCUT2D eigenvalue weighted by molar-refractivity contribution is 5.81. The SMILES string of the molecule is C=CCNC(=O)C(C)N(C)CCCn1cccn1. The van der Waals surface area contributed by atoms with Crippen molar-refractivity contribution in [2.75, 3.05) is 20.1 Å². The number of aryl methyl sites for hydroxylation is 1. The highest BCUT2D eigenvalue weighted by atomic mass is 16.2. The summed E-state index contributed by atoms with van der Waals surface area (Å²) in [7, 11) is 1.96. The molecule has 0 bridgehead atoms. The van der Waals surface area contributed by atoms with Gasteiger partial charge in [0.2, 0.25) is 5.91 Å². The maximum Gasteiger partial charge on any atom is 0.237 e. The van der Waals surface area contributed by atoms with Crippen molar-refractivity contribution >= 4 is 5.91 Å². The number of rotatable bonds is 8. The van der Waals surface area contributed by atoms with Gasteiger partial charge < -0.3 is 5.32 Å². The van der Waals surface area contributed by atoms with Gasteiger partial charge in [-0.2, -0.15) is 5.10 Å². The van der Waals surface area contributed by atoms with Crippen LogP contribution in [0.2, 0.25) is 0 Å². The number of aromatic nitrogens is 2. The number of carbonyl (C=O) groups is 1. The van der Waals surface area contributed by atoms with Crippen molar-refractivity contribution in [1.82, 2.24) is 20.0 Å². The van der Waals surface area contributed by atoms with Gasteiger partial charge in [0.25, 0.3) is 0 Å². The molecule has 0 aliphatic carbocycles. The van der Waals surface area contributed by atoms with Gasteiger partial charge in [-0.05, 0) is 26.5 Å². The molecule has 1 aromatic rings. The van der Waals surface area contributed by atoms with Crippen LogP contribution in [0.25, 0.3) is 0 Å². The summed E-state index contributed by atoms with van der Waals surface area (Å²) in [6, 6.07) is 1.79. The normalized spacial score (nSPS) is 12.4. The zero-order chi connectivity index (χ0) is 13.4. The van der Waals surface area contributed by atoms with E-state index in [1.165, 1.54) is 0 Å². The van der Waals surface area contributed by atoms with Crippen LogP contribution in [0.4, 0.5) is 0 Å². The molecular formula is C13H22N4O. The number of hydrogen-bond acceptors (Lipinski definition) is 3. The fraction of sp³-hybridized carbons (Fsp3) is 0.538. The number of nitrogens with zero attached hydrogens (tertiary/aromatic N) is 3. The average Bonchev–Trinajstić information content (AvgIpc) is 2.87. The molecule has 5 heteroatoms. The molecule has 1 amide bonds. The Kier molecular flexibility index (Phi) is 6.14. The molecule has 0 aliphatic heterocycles. The fourth-order valence-electron chi connectivity index (χ4n) is 1.63. The molecular weight excluding hydrogens is 228 g/mol. The zero-order valence-electron chi connectivity index (χ0n) is 11.2. The minimum absolute atomic E-state index is 0.0384. The number of amides is 1. The molecule has 1 heterocycles. The second-order valence-corrected chi connectivity index (χ2v) is 4.31. The molecule has 1 aromatic heterocycles. The van der Waals surface area contributed by atoms with Crippen LogP contribution < -0.4 is 5.32 Å². The van der Waals surface area contributed by atoms with Crippen LogP contribution in [0, 0.1) is 0 Å². The van der Waals surface area contributed by atoms with Crippen LogP contribution in [0.3, 0.4) is 0 Å². The first-order valence-corrected chi connectivity index (χ1v) is 6.21. The zero-order valence-corrected chi connectivity index (χ0v) is 11.2. The summed E-state index contributed by atoms with van der Waals surface area (Å²) in [5.74, 6) is 0.0384. The molecule has 0 saturated heterocycles. The van der Waals surface area contributed by atoms with Crippen molar-refractivity contribution in [2.45, 2.75) is 25.9 Å². The summed E-state index contributed by atoms with van der Waals surface area (Å²) in [5, 5.41) is 6.94. The number of carbonyl (C=O) groups excluding carboxylic acids is 1. The molecule has 5 nitrogen and oxygen atoms in total. The Morgan fingerprint density at radius 1 is 1.67 bits per heavy atom. The number of likely N-dealkylation sites (N-methyl/N-ethyl adjacent to an activating group) is 1. The number of hydrogen-bond donors (Lipinski definition) is 1. The van der Waals surface area contributed by atoms with Gasteiger partial charge in [-0.25, -0.2) is 0 Å². The van der Waals surface area contributed by atoms with Crippen molar-refractivity contribution in [2.24, 2.45) is 0 Å². The molecule has 1 N–H and O–H groups in total. The van der Waals surface area contributed by atoms with E-state index in [1.54, 1.807) is 12.3 Å². The minimum atomic E-state index is -0.123. The van der Waals surface area contributed by atoms with Crippen molar-refractivity contribution < 1.29 is 4.79 Å². The van der Waals surface area contributed by atoms with E-state index in [1.807, 2.05) is 35.8 Å². The Hall–Kier alpha value is -1.62. The topological polar surface area (TPSA) is 50.2 Å². The van der Waals surface area contributed by atoms with Crippen LogP contribution in [0.1, 0.15) is 13.3 Å². The van der Waals surface area contributed by atoms with E-state index < -0.39 is 0 Å². The monoisotopic (exact) mass is 250 g/mol. The first-order valence-electron chi connectivity index (χ1n) is 6.21. The van der Waals surface area contributed by atoms with Gasteiger partial charge in [-0.1, -0.05) is 6.08 Å². The van der Waals surface area contributed by atoms with Gasteiger partial charge in [-0.15, -0.1) is 6.58 Å². The largest absolute Gasteiger partial charge is 0.351 e. The Balaban J connectivity index is 2.24. The van der Waals surface area contributed by atoms with Crippen LogP contribution in [0.15, 0.2) is 31.1 Å². The molecule has 0 radical (unpaired) electrons. The first kappa shape index (κ1) is 14.4. The molecule has 0 aliphatic rings. The average molecular weight is 250 g/mol. The summed E-state index contributed by atoms with van der Waals surface area (Å²) in [4.78, 5) is 13.8. The minimum Gasteiger partial charge on any atom is -0.351 e. The molecule has 18 heavy (non-hydrogen) atoms. The fourth-order valence-corrected chi connectivity index (χ4v) is 1.63. The van der Waals surface area contributed by atoms with E-state index in [2.05, 4.69) is 17.0 Å². The van der Waals surface area contributed by atoms with Crippen LogP contribution >= 0.6 is 0 Å². The van der Waals surface area contributed by atoms with Crippen molar-refractivity contribution in [3.8, 4) is 0 Å². The van der Waals surface area contributed by atoms with Crippen molar-refractivity contribution in [3.05, 3.63) is 31.1 Å². The molecule has 0 aromatic carbocycles. The summed E-state index contributed by atoms with van der Waals surface area (Å²) in [6.07, 6.45) is 6.37. The first-order chi connectivity index (χ1) is 8.65. The maximum atomic E-state index is 11.7. The number of nitrogens with one attached hydrogen (secondary N) is 1. The summed E-state index contributed by atoms with van der Waals surface area (Å²) in [6.45, 7) is 7.74. The van der Waals surface area contributed by atoms with Gasteiger partial charge in [-0.3, -0.25) is 14.4 Å². The van der Waals surface area contributed by atoms with Crippen molar-refractivity contribution in [3.63, 3.8) is 0 Å². The van der Waals surface area contributed by atoms with Gasteiger partial charge in [0.05, 0.1) is 6.04 Å².